The van der Waals surface area contributed by atoms with Crippen LogP contribution in [0.15, 0.2) is 23.3 Å². The number of hydrogen-bond donors (Lipinski definition) is 2. The number of non-ortho nitro benzene ring substituents is 1. The Morgan fingerprint density at radius 3 is 2.68 bits per heavy atom. The summed E-state index contributed by atoms with van der Waals surface area (Å²) in [5.41, 5.74) is 3.88. The van der Waals surface area contributed by atoms with E-state index in [4.69, 9.17) is 5.11 Å². The minimum atomic E-state index is -0.441. The molecule has 2 N–H and O–H groups in total. The van der Waals surface area contributed by atoms with Crippen molar-refractivity contribution in [2.45, 2.75) is 38.5 Å². The van der Waals surface area contributed by atoms with Crippen LogP contribution in [0.1, 0.15) is 44.1 Å². The molecule has 1 saturated heterocycles. The Hall–Kier alpha value is -2.48. The van der Waals surface area contributed by atoms with Gasteiger partial charge in [0.2, 0.25) is 5.91 Å². The summed E-state index contributed by atoms with van der Waals surface area (Å²) in [6.45, 7) is 1.75. The summed E-state index contributed by atoms with van der Waals surface area (Å²) in [4.78, 5) is 24.4. The van der Waals surface area contributed by atoms with E-state index in [1.54, 1.807) is 6.07 Å². The maximum absolute atomic E-state index is 11.5. The van der Waals surface area contributed by atoms with E-state index in [0.717, 1.165) is 31.6 Å². The molecule has 1 fully saturated rings. The van der Waals surface area contributed by atoms with Crippen LogP contribution in [0.2, 0.25) is 0 Å². The minimum Gasteiger partial charge on any atom is -0.396 e. The van der Waals surface area contributed by atoms with Crippen LogP contribution in [0, 0.1) is 10.1 Å². The summed E-state index contributed by atoms with van der Waals surface area (Å²) in [7, 11) is 0. The molecule has 8 nitrogen and oxygen atoms in total. The van der Waals surface area contributed by atoms with Gasteiger partial charge in [-0.3, -0.25) is 14.9 Å². The van der Waals surface area contributed by atoms with E-state index in [2.05, 4.69) is 15.4 Å². The highest BCUT2D eigenvalue weighted by molar-refractivity contribution is 5.90. The van der Waals surface area contributed by atoms with Crippen LogP contribution in [-0.4, -0.2) is 41.8 Å². The first kappa shape index (κ1) is 18.9. The fourth-order valence-electron chi connectivity index (χ4n) is 2.83. The number of carbonyl (C=O) groups excluding carboxylic acids is 1. The number of carbonyl (C=O) groups is 1. The average Bonchev–Trinajstić information content (AvgIpc) is 2.89. The van der Waals surface area contributed by atoms with Gasteiger partial charge >= 0.3 is 0 Å². The van der Waals surface area contributed by atoms with Crippen molar-refractivity contribution < 1.29 is 14.8 Å². The fraction of sp³-hybridized carbons (Fsp3) is 0.529. The van der Waals surface area contributed by atoms with E-state index in [1.165, 1.54) is 31.2 Å². The van der Waals surface area contributed by atoms with Crippen molar-refractivity contribution in [1.29, 1.82) is 0 Å². The number of amides is 1. The zero-order valence-corrected chi connectivity index (χ0v) is 14.2. The highest BCUT2D eigenvalue weighted by Crippen LogP contribution is 2.26. The molecule has 2 rings (SSSR count). The molecular formula is C17H24N4O4. The summed E-state index contributed by atoms with van der Waals surface area (Å²) in [6.07, 6.45) is 6.56. The molecule has 0 radical (unpaired) electrons. The summed E-state index contributed by atoms with van der Waals surface area (Å²) in [6, 6.07) is 4.72. The molecule has 0 atom stereocenters. The zero-order chi connectivity index (χ0) is 18.1. The van der Waals surface area contributed by atoms with Crippen molar-refractivity contribution in [3.63, 3.8) is 0 Å². The first-order valence-electron chi connectivity index (χ1n) is 8.58. The van der Waals surface area contributed by atoms with E-state index in [-0.39, 0.29) is 24.6 Å². The van der Waals surface area contributed by atoms with Crippen LogP contribution in [0.25, 0.3) is 0 Å². The summed E-state index contributed by atoms with van der Waals surface area (Å²) in [5, 5.41) is 23.7. The zero-order valence-electron chi connectivity index (χ0n) is 14.2. The minimum absolute atomic E-state index is 0.00775. The van der Waals surface area contributed by atoms with Crippen molar-refractivity contribution in [1.82, 2.24) is 5.43 Å². The number of hydrogen-bond acceptors (Lipinski definition) is 6. The molecule has 0 aliphatic carbocycles. The third kappa shape index (κ3) is 5.82. The van der Waals surface area contributed by atoms with Crippen LogP contribution < -0.4 is 10.3 Å². The predicted molar refractivity (Wildman–Crippen MR) is 95.8 cm³/mol. The maximum atomic E-state index is 11.5. The third-order valence-electron chi connectivity index (χ3n) is 4.12. The summed E-state index contributed by atoms with van der Waals surface area (Å²) >= 11 is 0. The molecule has 0 unspecified atom stereocenters. The van der Waals surface area contributed by atoms with Crippen molar-refractivity contribution in [3.05, 3.63) is 33.9 Å². The molecule has 0 bridgehead atoms. The van der Waals surface area contributed by atoms with Crippen LogP contribution in [0.5, 0.6) is 0 Å². The van der Waals surface area contributed by atoms with Crippen LogP contribution in [0.4, 0.5) is 11.4 Å². The molecular weight excluding hydrogens is 324 g/mol. The summed E-state index contributed by atoms with van der Waals surface area (Å²) < 4.78 is 0. The predicted octanol–water partition coefficient (Wildman–Crippen LogP) is 2.20. The topological polar surface area (TPSA) is 108 Å². The molecule has 136 valence electrons. The van der Waals surface area contributed by atoms with Gasteiger partial charge in [0.05, 0.1) is 11.1 Å². The fourth-order valence-corrected chi connectivity index (χ4v) is 2.83. The maximum Gasteiger partial charge on any atom is 0.270 e. The number of aliphatic hydroxyl groups excluding tert-OH is 1. The third-order valence-corrected chi connectivity index (χ3v) is 4.12. The molecule has 1 heterocycles. The van der Waals surface area contributed by atoms with Gasteiger partial charge in [-0.25, -0.2) is 5.43 Å². The van der Waals surface area contributed by atoms with Gasteiger partial charge in [-0.2, -0.15) is 5.10 Å². The Balaban J connectivity index is 2.18. The lowest BCUT2D eigenvalue weighted by molar-refractivity contribution is -0.384. The van der Waals surface area contributed by atoms with Gasteiger partial charge in [-0.05, 0) is 25.3 Å². The molecule has 25 heavy (non-hydrogen) atoms. The van der Waals surface area contributed by atoms with Crippen LogP contribution in [-0.2, 0) is 4.79 Å². The number of nitro groups is 1. The molecule has 1 amide bonds. The van der Waals surface area contributed by atoms with E-state index in [9.17, 15) is 14.9 Å². The number of anilines is 1. The van der Waals surface area contributed by atoms with Gasteiger partial charge in [0, 0.05) is 49.5 Å². The van der Waals surface area contributed by atoms with Crippen molar-refractivity contribution >= 4 is 23.5 Å². The lowest BCUT2D eigenvalue weighted by Crippen LogP contribution is -2.25. The Kier molecular flexibility index (Phi) is 7.34. The van der Waals surface area contributed by atoms with Gasteiger partial charge in [-0.15, -0.1) is 0 Å². The first-order chi connectivity index (χ1) is 12.1. The van der Waals surface area contributed by atoms with E-state index in [1.807, 2.05) is 0 Å². The molecule has 1 aromatic carbocycles. The van der Waals surface area contributed by atoms with Gasteiger partial charge in [0.15, 0.2) is 0 Å². The SMILES string of the molecule is O=C(CCCO)N/N=C\c1cc([N+](=O)[O-])ccc1N1CCCCCC1. The molecule has 1 aliphatic heterocycles. The van der Waals surface area contributed by atoms with Gasteiger partial charge in [0.25, 0.3) is 5.69 Å². The smallest absolute Gasteiger partial charge is 0.270 e. The highest BCUT2D eigenvalue weighted by atomic mass is 16.6. The Bertz CT molecular complexity index is 625. The number of benzene rings is 1. The van der Waals surface area contributed by atoms with Crippen molar-refractivity contribution in [2.75, 3.05) is 24.6 Å². The number of hydrazone groups is 1. The number of aliphatic hydroxyl groups is 1. The monoisotopic (exact) mass is 348 g/mol. The molecule has 1 aliphatic rings. The Morgan fingerprint density at radius 2 is 2.04 bits per heavy atom. The van der Waals surface area contributed by atoms with Gasteiger partial charge in [-0.1, -0.05) is 12.8 Å². The van der Waals surface area contributed by atoms with Crippen LogP contribution >= 0.6 is 0 Å². The van der Waals surface area contributed by atoms with Gasteiger partial charge in [0.1, 0.15) is 0 Å². The highest BCUT2D eigenvalue weighted by Gasteiger charge is 2.16. The van der Waals surface area contributed by atoms with E-state index < -0.39 is 4.92 Å². The molecule has 8 heteroatoms. The van der Waals surface area contributed by atoms with E-state index in [0.29, 0.717) is 12.0 Å². The standard InChI is InChI=1S/C17H24N4O4/c22-11-5-6-17(23)19-18-13-14-12-15(21(24)25)7-8-16(14)20-9-3-1-2-4-10-20/h7-8,12-13,22H,1-6,9-11H2,(H,19,23)/b18-13-. The number of nitrogens with zero attached hydrogens (tertiary/aromatic N) is 3. The second-order valence-corrected chi connectivity index (χ2v) is 6.02. The normalized spacial score (nSPS) is 15.2. The quantitative estimate of drug-likeness (QED) is 0.446. The molecule has 0 spiro atoms. The lowest BCUT2D eigenvalue weighted by atomic mass is 10.1. The number of rotatable bonds is 7. The first-order valence-corrected chi connectivity index (χ1v) is 8.58. The summed E-state index contributed by atoms with van der Waals surface area (Å²) in [5.74, 6) is -0.299. The van der Waals surface area contributed by atoms with E-state index >= 15 is 0 Å². The largest absolute Gasteiger partial charge is 0.396 e. The second-order valence-electron chi connectivity index (χ2n) is 6.02. The lowest BCUT2D eigenvalue weighted by Gasteiger charge is -2.24. The molecule has 0 aromatic heterocycles. The van der Waals surface area contributed by atoms with Crippen molar-refractivity contribution in [2.24, 2.45) is 5.10 Å². The number of nitro benzene ring substituents is 1. The molecule has 1 aromatic rings. The van der Waals surface area contributed by atoms with Crippen LogP contribution in [0.3, 0.4) is 0 Å². The Morgan fingerprint density at radius 1 is 1.32 bits per heavy atom. The van der Waals surface area contributed by atoms with Crippen molar-refractivity contribution in [3.8, 4) is 0 Å². The second kappa shape index (κ2) is 9.73. The molecule has 0 saturated carbocycles. The number of nitrogens with one attached hydrogen (secondary N) is 1. The Labute approximate surface area is 146 Å². The average molecular weight is 348 g/mol. The van der Waals surface area contributed by atoms with Gasteiger partial charge < -0.3 is 10.0 Å².